The standard InChI is InChI=1S/C14H14O3/c1-15-13-6-2-5-12-11(13)4-3-7-14(12)17-9-10-8-16-10/h2-7,10H,8-9H2,1H3/t10-/m0/s1. The fraction of sp³-hybridized carbons (Fsp3) is 0.286. The lowest BCUT2D eigenvalue weighted by Crippen LogP contribution is -2.04. The van der Waals surface area contributed by atoms with Gasteiger partial charge in [0.05, 0.1) is 13.7 Å². The molecule has 0 N–H and O–H groups in total. The highest BCUT2D eigenvalue weighted by molar-refractivity contribution is 5.93. The number of methoxy groups -OCH3 is 1. The van der Waals surface area contributed by atoms with E-state index in [9.17, 15) is 0 Å². The molecule has 0 radical (unpaired) electrons. The molecule has 3 nitrogen and oxygen atoms in total. The van der Waals surface area contributed by atoms with Gasteiger partial charge >= 0.3 is 0 Å². The maximum absolute atomic E-state index is 5.76. The minimum atomic E-state index is 0.274. The average Bonchev–Trinajstić information content (AvgIpc) is 3.19. The summed E-state index contributed by atoms with van der Waals surface area (Å²) < 4.78 is 16.2. The smallest absolute Gasteiger partial charge is 0.127 e. The number of rotatable bonds is 4. The zero-order chi connectivity index (χ0) is 11.7. The number of fused-ring (bicyclic) bond motifs is 1. The van der Waals surface area contributed by atoms with Gasteiger partial charge < -0.3 is 14.2 Å². The molecule has 0 amide bonds. The minimum Gasteiger partial charge on any atom is -0.496 e. The highest BCUT2D eigenvalue weighted by Crippen LogP contribution is 2.32. The summed E-state index contributed by atoms with van der Waals surface area (Å²) in [6.07, 6.45) is 0.274. The third-order valence-electron chi connectivity index (χ3n) is 2.89. The summed E-state index contributed by atoms with van der Waals surface area (Å²) >= 11 is 0. The predicted molar refractivity (Wildman–Crippen MR) is 65.7 cm³/mol. The van der Waals surface area contributed by atoms with Gasteiger partial charge in [-0.05, 0) is 12.1 Å². The molecule has 3 heteroatoms. The summed E-state index contributed by atoms with van der Waals surface area (Å²) in [5.41, 5.74) is 0. The van der Waals surface area contributed by atoms with Crippen molar-refractivity contribution in [2.75, 3.05) is 20.3 Å². The molecular formula is C14H14O3. The Morgan fingerprint density at radius 2 is 1.76 bits per heavy atom. The van der Waals surface area contributed by atoms with Gasteiger partial charge in [-0.3, -0.25) is 0 Å². The van der Waals surface area contributed by atoms with E-state index in [-0.39, 0.29) is 6.10 Å². The van der Waals surface area contributed by atoms with Gasteiger partial charge in [0.2, 0.25) is 0 Å². The Bertz CT molecular complexity index is 532. The Balaban J connectivity index is 1.99. The Morgan fingerprint density at radius 1 is 1.12 bits per heavy atom. The first-order chi connectivity index (χ1) is 8.38. The topological polar surface area (TPSA) is 31.0 Å². The average molecular weight is 230 g/mol. The summed E-state index contributed by atoms with van der Waals surface area (Å²) in [5.74, 6) is 1.76. The van der Waals surface area contributed by atoms with E-state index in [4.69, 9.17) is 14.2 Å². The lowest BCUT2D eigenvalue weighted by molar-refractivity contribution is 0.265. The van der Waals surface area contributed by atoms with Crippen molar-refractivity contribution in [2.45, 2.75) is 6.10 Å². The van der Waals surface area contributed by atoms with Crippen LogP contribution in [-0.4, -0.2) is 26.4 Å². The first-order valence-corrected chi connectivity index (χ1v) is 5.68. The first-order valence-electron chi connectivity index (χ1n) is 5.68. The van der Waals surface area contributed by atoms with Gasteiger partial charge in [0.25, 0.3) is 0 Å². The maximum Gasteiger partial charge on any atom is 0.127 e. The van der Waals surface area contributed by atoms with Crippen LogP contribution in [0.3, 0.4) is 0 Å². The van der Waals surface area contributed by atoms with Crippen molar-refractivity contribution in [2.24, 2.45) is 0 Å². The van der Waals surface area contributed by atoms with Crippen LogP contribution in [-0.2, 0) is 4.74 Å². The first kappa shape index (κ1) is 10.4. The fourth-order valence-electron chi connectivity index (χ4n) is 1.90. The van der Waals surface area contributed by atoms with E-state index in [1.165, 1.54) is 0 Å². The molecule has 1 heterocycles. The summed E-state index contributed by atoms with van der Waals surface area (Å²) in [5, 5.41) is 2.15. The van der Waals surface area contributed by atoms with E-state index in [0.29, 0.717) is 6.61 Å². The highest BCUT2D eigenvalue weighted by Gasteiger charge is 2.23. The predicted octanol–water partition coefficient (Wildman–Crippen LogP) is 2.63. The summed E-state index contributed by atoms with van der Waals surface area (Å²) in [6.45, 7) is 1.43. The van der Waals surface area contributed by atoms with Crippen LogP contribution in [0.2, 0.25) is 0 Å². The second kappa shape index (κ2) is 4.26. The lowest BCUT2D eigenvalue weighted by atomic mass is 10.1. The minimum absolute atomic E-state index is 0.274. The molecule has 0 unspecified atom stereocenters. The van der Waals surface area contributed by atoms with Gasteiger partial charge in [-0.25, -0.2) is 0 Å². The van der Waals surface area contributed by atoms with Crippen LogP contribution >= 0.6 is 0 Å². The number of benzene rings is 2. The van der Waals surface area contributed by atoms with Crippen molar-refractivity contribution in [3.8, 4) is 11.5 Å². The van der Waals surface area contributed by atoms with Crippen molar-refractivity contribution in [3.05, 3.63) is 36.4 Å². The molecule has 1 atom stereocenters. The third-order valence-corrected chi connectivity index (χ3v) is 2.89. The summed E-state index contributed by atoms with van der Waals surface area (Å²) in [6, 6.07) is 12.0. The molecule has 2 aromatic carbocycles. The van der Waals surface area contributed by atoms with Gasteiger partial charge in [-0.15, -0.1) is 0 Å². The van der Waals surface area contributed by atoms with Crippen molar-refractivity contribution < 1.29 is 14.2 Å². The molecule has 88 valence electrons. The molecule has 0 aromatic heterocycles. The fourth-order valence-corrected chi connectivity index (χ4v) is 1.90. The highest BCUT2D eigenvalue weighted by atomic mass is 16.6. The van der Waals surface area contributed by atoms with Gasteiger partial charge in [0.1, 0.15) is 24.2 Å². The van der Waals surface area contributed by atoms with Gasteiger partial charge in [0, 0.05) is 10.8 Å². The molecule has 1 saturated heterocycles. The second-order valence-corrected chi connectivity index (χ2v) is 4.08. The van der Waals surface area contributed by atoms with Crippen LogP contribution < -0.4 is 9.47 Å². The van der Waals surface area contributed by atoms with Crippen LogP contribution in [0.5, 0.6) is 11.5 Å². The van der Waals surface area contributed by atoms with E-state index in [0.717, 1.165) is 28.9 Å². The number of hydrogen-bond acceptors (Lipinski definition) is 3. The molecule has 0 bridgehead atoms. The Hall–Kier alpha value is -1.74. The quantitative estimate of drug-likeness (QED) is 0.756. The van der Waals surface area contributed by atoms with Crippen molar-refractivity contribution in [1.29, 1.82) is 0 Å². The molecular weight excluding hydrogens is 216 g/mol. The molecule has 0 aliphatic carbocycles. The molecule has 3 rings (SSSR count). The summed E-state index contributed by atoms with van der Waals surface area (Å²) in [4.78, 5) is 0. The van der Waals surface area contributed by atoms with Crippen LogP contribution in [0.1, 0.15) is 0 Å². The molecule has 0 saturated carbocycles. The molecule has 17 heavy (non-hydrogen) atoms. The lowest BCUT2D eigenvalue weighted by Gasteiger charge is -2.10. The molecule has 1 aliphatic heterocycles. The van der Waals surface area contributed by atoms with E-state index in [1.807, 2.05) is 36.4 Å². The summed E-state index contributed by atoms with van der Waals surface area (Å²) in [7, 11) is 1.68. The Morgan fingerprint density at radius 3 is 2.41 bits per heavy atom. The molecule has 2 aromatic rings. The zero-order valence-corrected chi connectivity index (χ0v) is 9.68. The van der Waals surface area contributed by atoms with Gasteiger partial charge in [-0.2, -0.15) is 0 Å². The zero-order valence-electron chi connectivity index (χ0n) is 9.68. The van der Waals surface area contributed by atoms with Gasteiger partial charge in [-0.1, -0.05) is 24.3 Å². The van der Waals surface area contributed by atoms with Crippen LogP contribution in [0, 0.1) is 0 Å². The van der Waals surface area contributed by atoms with Gasteiger partial charge in [0.15, 0.2) is 0 Å². The number of epoxide rings is 1. The number of hydrogen-bond donors (Lipinski definition) is 0. The van der Waals surface area contributed by atoms with E-state index >= 15 is 0 Å². The maximum atomic E-state index is 5.76. The number of ether oxygens (including phenoxy) is 3. The Kier molecular flexibility index (Phi) is 2.61. The Labute approximate surface area is 99.9 Å². The SMILES string of the molecule is COc1cccc2c(OC[C@@H]3CO3)cccc12. The van der Waals surface area contributed by atoms with Crippen molar-refractivity contribution in [3.63, 3.8) is 0 Å². The molecule has 1 aliphatic rings. The van der Waals surface area contributed by atoms with Crippen LogP contribution in [0.15, 0.2) is 36.4 Å². The normalized spacial score (nSPS) is 18.1. The third kappa shape index (κ3) is 2.06. The molecule has 0 spiro atoms. The van der Waals surface area contributed by atoms with E-state index in [2.05, 4.69) is 0 Å². The van der Waals surface area contributed by atoms with Crippen LogP contribution in [0.25, 0.3) is 10.8 Å². The van der Waals surface area contributed by atoms with E-state index < -0.39 is 0 Å². The van der Waals surface area contributed by atoms with E-state index in [1.54, 1.807) is 7.11 Å². The monoisotopic (exact) mass is 230 g/mol. The second-order valence-electron chi connectivity index (χ2n) is 4.08. The molecule has 1 fully saturated rings. The largest absolute Gasteiger partial charge is 0.496 e. The van der Waals surface area contributed by atoms with Crippen molar-refractivity contribution in [1.82, 2.24) is 0 Å². The van der Waals surface area contributed by atoms with Crippen LogP contribution in [0.4, 0.5) is 0 Å². The van der Waals surface area contributed by atoms with Crippen molar-refractivity contribution >= 4 is 10.8 Å².